The highest BCUT2D eigenvalue weighted by Gasteiger charge is 2.27. The summed E-state index contributed by atoms with van der Waals surface area (Å²) >= 11 is 0. The van der Waals surface area contributed by atoms with Crippen molar-refractivity contribution < 1.29 is 34.1 Å². The summed E-state index contributed by atoms with van der Waals surface area (Å²) in [5.74, 6) is -0.967. The Kier molecular flexibility index (Phi) is 12.3. The number of aliphatic hydroxyl groups is 1. The fourth-order valence-corrected chi connectivity index (χ4v) is 2.28. The summed E-state index contributed by atoms with van der Waals surface area (Å²) in [4.78, 5) is 33.5. The Hall–Kier alpha value is -3.59. The van der Waals surface area contributed by atoms with Crippen molar-refractivity contribution in [3.05, 3.63) is 71.8 Å². The van der Waals surface area contributed by atoms with Crippen LogP contribution in [0.4, 0.5) is 9.59 Å². The second kappa shape index (κ2) is 14.6. The Bertz CT molecular complexity index is 916. The number of hydrogen-bond donors (Lipinski definition) is 4. The number of ether oxygens (including phenoxy) is 2. The molecular weight excluding hydrogens is 452 g/mol. The molecule has 0 atom stereocenters. The van der Waals surface area contributed by atoms with E-state index in [-0.39, 0.29) is 31.8 Å². The molecule has 35 heavy (non-hydrogen) atoms. The second-order valence-corrected chi connectivity index (χ2v) is 9.34. The first-order chi connectivity index (χ1) is 16.4. The van der Waals surface area contributed by atoms with Gasteiger partial charge in [0.2, 0.25) is 0 Å². The lowest BCUT2D eigenvalue weighted by molar-refractivity contribution is -0.146. The highest BCUT2D eigenvalue weighted by Crippen LogP contribution is 2.13. The van der Waals surface area contributed by atoms with Crippen LogP contribution in [0.15, 0.2) is 60.7 Å². The number of hydrogen-bond acceptors (Lipinski definition) is 6. The summed E-state index contributed by atoms with van der Waals surface area (Å²) in [6.07, 6.45) is -1.08. The van der Waals surface area contributed by atoms with Crippen molar-refractivity contribution in [1.29, 1.82) is 0 Å². The van der Waals surface area contributed by atoms with Gasteiger partial charge in [0.15, 0.2) is 0 Å². The summed E-state index contributed by atoms with van der Waals surface area (Å²) in [7, 11) is 0. The number of amides is 2. The Labute approximate surface area is 206 Å². The zero-order valence-corrected chi connectivity index (χ0v) is 20.7. The van der Waals surface area contributed by atoms with Crippen LogP contribution >= 0.6 is 0 Å². The summed E-state index contributed by atoms with van der Waals surface area (Å²) in [6, 6.07) is 18.7. The first-order valence-electron chi connectivity index (χ1n) is 11.2. The number of carboxylic acid groups (broad SMARTS) is 1. The lowest BCUT2D eigenvalue weighted by Gasteiger charge is -2.21. The van der Waals surface area contributed by atoms with Crippen molar-refractivity contribution in [2.24, 2.45) is 10.8 Å². The van der Waals surface area contributed by atoms with E-state index >= 15 is 0 Å². The van der Waals surface area contributed by atoms with Crippen LogP contribution < -0.4 is 10.6 Å². The van der Waals surface area contributed by atoms with Gasteiger partial charge in [-0.25, -0.2) is 9.59 Å². The number of aliphatic hydroxyl groups excluding tert-OH is 1. The van der Waals surface area contributed by atoms with Crippen molar-refractivity contribution in [3.8, 4) is 0 Å². The summed E-state index contributed by atoms with van der Waals surface area (Å²) < 4.78 is 10.00. The summed E-state index contributed by atoms with van der Waals surface area (Å²) in [5, 5.41) is 22.9. The molecule has 9 nitrogen and oxygen atoms in total. The van der Waals surface area contributed by atoms with Gasteiger partial charge in [0.1, 0.15) is 13.2 Å². The maximum absolute atomic E-state index is 11.4. The van der Waals surface area contributed by atoms with E-state index in [1.165, 1.54) is 13.8 Å². The molecule has 4 N–H and O–H groups in total. The Morgan fingerprint density at radius 2 is 1.14 bits per heavy atom. The average Bonchev–Trinajstić information content (AvgIpc) is 2.85. The van der Waals surface area contributed by atoms with Crippen molar-refractivity contribution in [2.45, 2.75) is 40.9 Å². The SMILES string of the molecule is CC(C)(CNC(=O)OCc1ccccc1)C(=O)O.CC(C)(CO)CNC(=O)OCc1ccccc1. The maximum Gasteiger partial charge on any atom is 0.407 e. The predicted octanol–water partition coefficient (Wildman–Crippen LogP) is 3.95. The molecule has 2 aromatic rings. The normalized spacial score (nSPS) is 10.9. The second-order valence-electron chi connectivity index (χ2n) is 9.34. The third-order valence-electron chi connectivity index (χ3n) is 4.82. The third-order valence-corrected chi connectivity index (χ3v) is 4.82. The minimum absolute atomic E-state index is 0.0198. The average molecular weight is 489 g/mol. The van der Waals surface area contributed by atoms with E-state index in [4.69, 9.17) is 19.7 Å². The molecule has 0 aromatic heterocycles. The van der Waals surface area contributed by atoms with Gasteiger partial charge in [0.05, 0.1) is 5.41 Å². The van der Waals surface area contributed by atoms with Crippen LogP contribution in [0.25, 0.3) is 0 Å². The van der Waals surface area contributed by atoms with Crippen LogP contribution in [0.2, 0.25) is 0 Å². The van der Waals surface area contributed by atoms with E-state index in [2.05, 4.69) is 10.6 Å². The van der Waals surface area contributed by atoms with Gasteiger partial charge < -0.3 is 30.3 Å². The molecule has 0 radical (unpaired) electrons. The minimum Gasteiger partial charge on any atom is -0.481 e. The largest absolute Gasteiger partial charge is 0.481 e. The molecular formula is C26H36N2O7. The van der Waals surface area contributed by atoms with Gasteiger partial charge in [-0.1, -0.05) is 74.5 Å². The Morgan fingerprint density at radius 1 is 0.743 bits per heavy atom. The maximum atomic E-state index is 11.4. The van der Waals surface area contributed by atoms with Crippen LogP contribution in [-0.4, -0.2) is 48.1 Å². The molecule has 0 aliphatic rings. The lowest BCUT2D eigenvalue weighted by Crippen LogP contribution is -2.39. The van der Waals surface area contributed by atoms with E-state index in [9.17, 15) is 14.4 Å². The van der Waals surface area contributed by atoms with Gasteiger partial charge in [-0.05, 0) is 25.0 Å². The summed E-state index contributed by atoms with van der Waals surface area (Å²) in [5.41, 5.74) is 0.492. The third kappa shape index (κ3) is 13.0. The molecule has 2 amide bonds. The standard InChI is InChI=1S/C13H17NO4.C13H19NO3/c1-13(2,11(15)16)9-14-12(17)18-8-10-6-4-3-5-7-10;1-13(2,10-15)9-14-12(16)17-8-11-6-4-3-5-7-11/h3-7H,8-9H2,1-2H3,(H,14,17)(H,15,16);3-7,15H,8-10H2,1-2H3,(H,14,16). The number of carbonyl (C=O) groups is 3. The monoisotopic (exact) mass is 488 g/mol. The van der Waals surface area contributed by atoms with Crippen LogP contribution in [-0.2, 0) is 27.5 Å². The number of aliphatic carboxylic acids is 1. The smallest absolute Gasteiger partial charge is 0.407 e. The van der Waals surface area contributed by atoms with Crippen molar-refractivity contribution in [2.75, 3.05) is 19.7 Å². The Morgan fingerprint density at radius 3 is 1.51 bits per heavy atom. The molecule has 2 aromatic carbocycles. The number of benzene rings is 2. The van der Waals surface area contributed by atoms with Gasteiger partial charge in [-0.2, -0.15) is 0 Å². The number of carbonyl (C=O) groups excluding carboxylic acids is 2. The van der Waals surface area contributed by atoms with E-state index < -0.39 is 23.6 Å². The minimum atomic E-state index is -1.01. The number of nitrogens with one attached hydrogen (secondary N) is 2. The first-order valence-corrected chi connectivity index (χ1v) is 11.2. The Balaban J connectivity index is 0.000000351. The van der Waals surface area contributed by atoms with Crippen molar-refractivity contribution >= 4 is 18.2 Å². The van der Waals surface area contributed by atoms with E-state index in [0.29, 0.717) is 6.54 Å². The molecule has 9 heteroatoms. The topological polar surface area (TPSA) is 134 Å². The van der Waals surface area contributed by atoms with Crippen LogP contribution in [0, 0.1) is 10.8 Å². The zero-order valence-electron chi connectivity index (χ0n) is 20.7. The number of alkyl carbamates (subject to hydrolysis) is 2. The predicted molar refractivity (Wildman–Crippen MR) is 132 cm³/mol. The van der Waals surface area contributed by atoms with Crippen molar-refractivity contribution in [3.63, 3.8) is 0 Å². The highest BCUT2D eigenvalue weighted by atomic mass is 16.6. The quantitative estimate of drug-likeness (QED) is 0.398. The zero-order chi connectivity index (χ0) is 26.3. The fourth-order valence-electron chi connectivity index (χ4n) is 2.28. The first kappa shape index (κ1) is 29.4. The molecule has 0 saturated carbocycles. The molecule has 0 unspecified atom stereocenters. The van der Waals surface area contributed by atoms with E-state index in [0.717, 1.165) is 11.1 Å². The lowest BCUT2D eigenvalue weighted by atomic mass is 9.94. The molecule has 0 spiro atoms. The molecule has 2 rings (SSSR count). The van der Waals surface area contributed by atoms with E-state index in [1.54, 1.807) is 0 Å². The van der Waals surface area contributed by atoms with Crippen LogP contribution in [0.5, 0.6) is 0 Å². The number of rotatable bonds is 10. The fraction of sp³-hybridized carbons (Fsp3) is 0.423. The molecule has 0 heterocycles. The van der Waals surface area contributed by atoms with Gasteiger partial charge in [0.25, 0.3) is 0 Å². The molecule has 0 aliphatic heterocycles. The van der Waals surface area contributed by atoms with Crippen LogP contribution in [0.3, 0.4) is 0 Å². The van der Waals surface area contributed by atoms with Gasteiger partial charge in [0, 0.05) is 25.1 Å². The highest BCUT2D eigenvalue weighted by molar-refractivity contribution is 5.75. The number of carboxylic acids is 1. The summed E-state index contributed by atoms with van der Waals surface area (Å²) in [6.45, 7) is 7.65. The molecule has 0 saturated heterocycles. The van der Waals surface area contributed by atoms with Crippen LogP contribution in [0.1, 0.15) is 38.8 Å². The van der Waals surface area contributed by atoms with Gasteiger partial charge in [-0.15, -0.1) is 0 Å². The molecule has 0 aliphatic carbocycles. The molecule has 192 valence electrons. The van der Waals surface area contributed by atoms with Gasteiger partial charge >= 0.3 is 18.2 Å². The van der Waals surface area contributed by atoms with Gasteiger partial charge in [-0.3, -0.25) is 4.79 Å². The molecule has 0 bridgehead atoms. The van der Waals surface area contributed by atoms with E-state index in [1.807, 2.05) is 74.5 Å². The van der Waals surface area contributed by atoms with Crippen molar-refractivity contribution in [1.82, 2.24) is 10.6 Å². The molecule has 0 fully saturated rings.